The molecule has 0 aliphatic carbocycles. The molecule has 1 atom stereocenters. The molecule has 0 aliphatic rings. The van der Waals surface area contributed by atoms with Crippen LogP contribution in [0.4, 0.5) is 0 Å². The van der Waals surface area contributed by atoms with Crippen LogP contribution in [0.2, 0.25) is 0 Å². The molecule has 346 valence electrons. The lowest BCUT2D eigenvalue weighted by molar-refractivity contribution is -0.163. The van der Waals surface area contributed by atoms with Crippen LogP contribution in [0.1, 0.15) is 239 Å². The van der Waals surface area contributed by atoms with Crippen LogP contribution in [0.3, 0.4) is 0 Å². The summed E-state index contributed by atoms with van der Waals surface area (Å²) in [5, 5.41) is 0. The summed E-state index contributed by atoms with van der Waals surface area (Å²) in [6.45, 7) is 7.58. The van der Waals surface area contributed by atoms with Crippen LogP contribution in [0.15, 0.2) is 72.9 Å². The predicted octanol–water partition coefficient (Wildman–Crippen LogP) is 17.1. The summed E-state index contributed by atoms with van der Waals surface area (Å²) in [6.07, 6.45) is 64.8. The highest BCUT2D eigenvalue weighted by Gasteiger charge is 2.17. The molecule has 0 aliphatic heterocycles. The summed E-state index contributed by atoms with van der Waals surface area (Å²) in [4.78, 5) is 25.3. The zero-order valence-corrected chi connectivity index (χ0v) is 39.7. The molecule has 0 rings (SSSR count). The standard InChI is InChI=1S/C55H96O5/c1-4-7-10-13-16-19-22-24-26-27-28-30-32-35-38-41-44-47-50-58-51-53(60-55(57)49-46-43-40-37-33-21-18-15-12-9-6-3)52-59-54(56)48-45-42-39-36-34-31-29-25-23-20-17-14-11-8-5-2/h7,10,15-16,18-19,24,26,28,30,35,38,53H,4-6,8-9,11-14,17,20-23,25,27,29,31-34,36-37,39-52H2,1-3H3/b10-7-,18-15-,19-16-,26-24-,30-28-,38-35-. The van der Waals surface area contributed by atoms with Crippen molar-refractivity contribution in [2.45, 2.75) is 245 Å². The van der Waals surface area contributed by atoms with Crippen molar-refractivity contribution in [1.29, 1.82) is 0 Å². The maximum absolute atomic E-state index is 12.7. The molecule has 5 nitrogen and oxygen atoms in total. The van der Waals surface area contributed by atoms with Crippen molar-refractivity contribution in [3.8, 4) is 0 Å². The average Bonchev–Trinajstić information content (AvgIpc) is 3.25. The molecule has 0 bridgehead atoms. The lowest BCUT2D eigenvalue weighted by atomic mass is 10.0. The van der Waals surface area contributed by atoms with Gasteiger partial charge in [-0.2, -0.15) is 0 Å². The van der Waals surface area contributed by atoms with Crippen molar-refractivity contribution in [3.63, 3.8) is 0 Å². The lowest BCUT2D eigenvalue weighted by Gasteiger charge is -2.18. The monoisotopic (exact) mass is 837 g/mol. The number of ether oxygens (including phenoxy) is 3. The first-order chi connectivity index (χ1) is 29.6. The van der Waals surface area contributed by atoms with Crippen molar-refractivity contribution in [3.05, 3.63) is 72.9 Å². The van der Waals surface area contributed by atoms with E-state index < -0.39 is 6.10 Å². The SMILES string of the molecule is CC/C=C\C/C=C\C/C=C\C/C=C\C/C=C\CCCCOCC(COC(=O)CCCCCCCCCCCCCCCCC)OC(=O)CCCCCCC/C=C\CCCC. The van der Waals surface area contributed by atoms with Crippen LogP contribution >= 0.6 is 0 Å². The van der Waals surface area contributed by atoms with Crippen molar-refractivity contribution in [1.82, 2.24) is 0 Å². The zero-order chi connectivity index (χ0) is 43.5. The third kappa shape index (κ3) is 48.0. The van der Waals surface area contributed by atoms with E-state index in [0.29, 0.717) is 19.4 Å². The van der Waals surface area contributed by atoms with Gasteiger partial charge < -0.3 is 14.2 Å². The van der Waals surface area contributed by atoms with Crippen LogP contribution in [-0.2, 0) is 23.8 Å². The fourth-order valence-electron chi connectivity index (χ4n) is 6.93. The Kier molecular flexibility index (Phi) is 48.4. The molecule has 0 spiro atoms. The van der Waals surface area contributed by atoms with E-state index >= 15 is 0 Å². The molecular formula is C55H96O5. The molecule has 1 unspecified atom stereocenters. The van der Waals surface area contributed by atoms with Gasteiger partial charge in [-0.05, 0) is 83.5 Å². The van der Waals surface area contributed by atoms with Gasteiger partial charge in [0.05, 0.1) is 6.61 Å². The first-order valence-corrected chi connectivity index (χ1v) is 25.5. The van der Waals surface area contributed by atoms with Gasteiger partial charge in [0.1, 0.15) is 6.61 Å². The number of allylic oxidation sites excluding steroid dienone is 12. The second-order valence-corrected chi connectivity index (χ2v) is 16.7. The zero-order valence-electron chi connectivity index (χ0n) is 39.7. The molecule has 0 radical (unpaired) electrons. The van der Waals surface area contributed by atoms with Gasteiger partial charge in [0.25, 0.3) is 0 Å². The Hall–Kier alpha value is -2.66. The molecule has 0 amide bonds. The Bertz CT molecular complexity index is 1080. The van der Waals surface area contributed by atoms with E-state index in [1.807, 2.05) is 0 Å². The maximum atomic E-state index is 12.7. The molecule has 0 heterocycles. The number of unbranched alkanes of at least 4 members (excludes halogenated alkanes) is 23. The minimum atomic E-state index is -0.562. The Labute approximate surface area is 372 Å². The average molecular weight is 837 g/mol. The number of carbonyl (C=O) groups is 2. The van der Waals surface area contributed by atoms with Crippen LogP contribution in [-0.4, -0.2) is 37.9 Å². The molecule has 0 fully saturated rings. The number of hydrogen-bond acceptors (Lipinski definition) is 5. The fraction of sp³-hybridized carbons (Fsp3) is 0.745. The summed E-state index contributed by atoms with van der Waals surface area (Å²) in [5.41, 5.74) is 0. The third-order valence-electron chi connectivity index (χ3n) is 10.7. The molecule has 0 aromatic heterocycles. The highest BCUT2D eigenvalue weighted by Crippen LogP contribution is 2.15. The van der Waals surface area contributed by atoms with Crippen LogP contribution in [0.25, 0.3) is 0 Å². The molecule has 0 aromatic rings. The van der Waals surface area contributed by atoms with E-state index in [2.05, 4.69) is 93.7 Å². The maximum Gasteiger partial charge on any atom is 0.306 e. The summed E-state index contributed by atoms with van der Waals surface area (Å²) in [5.74, 6) is -0.428. The molecule has 0 aromatic carbocycles. The van der Waals surface area contributed by atoms with Gasteiger partial charge in [-0.1, -0.05) is 216 Å². The number of hydrogen-bond donors (Lipinski definition) is 0. The summed E-state index contributed by atoms with van der Waals surface area (Å²) >= 11 is 0. The van der Waals surface area contributed by atoms with Gasteiger partial charge in [-0.25, -0.2) is 0 Å². The molecular weight excluding hydrogens is 741 g/mol. The molecule has 60 heavy (non-hydrogen) atoms. The Balaban J connectivity index is 4.32. The van der Waals surface area contributed by atoms with E-state index in [1.165, 1.54) is 116 Å². The first kappa shape index (κ1) is 57.3. The predicted molar refractivity (Wildman–Crippen MR) is 260 cm³/mol. The topological polar surface area (TPSA) is 61.8 Å². The quantitative estimate of drug-likeness (QED) is 0.0347. The lowest BCUT2D eigenvalue weighted by Crippen LogP contribution is -2.30. The van der Waals surface area contributed by atoms with E-state index in [0.717, 1.165) is 89.9 Å². The van der Waals surface area contributed by atoms with Gasteiger partial charge in [0.2, 0.25) is 0 Å². The Morgan fingerprint density at radius 1 is 0.383 bits per heavy atom. The Morgan fingerprint density at radius 3 is 1.27 bits per heavy atom. The van der Waals surface area contributed by atoms with Crippen molar-refractivity contribution in [2.24, 2.45) is 0 Å². The largest absolute Gasteiger partial charge is 0.462 e. The minimum absolute atomic E-state index is 0.0646. The smallest absolute Gasteiger partial charge is 0.306 e. The van der Waals surface area contributed by atoms with Crippen LogP contribution in [0.5, 0.6) is 0 Å². The summed E-state index contributed by atoms with van der Waals surface area (Å²) in [7, 11) is 0. The summed E-state index contributed by atoms with van der Waals surface area (Å²) < 4.78 is 17.3. The fourth-order valence-corrected chi connectivity index (χ4v) is 6.93. The molecule has 0 saturated carbocycles. The van der Waals surface area contributed by atoms with Gasteiger partial charge in [-0.15, -0.1) is 0 Å². The molecule has 0 saturated heterocycles. The molecule has 5 heteroatoms. The van der Waals surface area contributed by atoms with E-state index in [-0.39, 0.29) is 25.2 Å². The van der Waals surface area contributed by atoms with Gasteiger partial charge in [0, 0.05) is 19.4 Å². The number of rotatable bonds is 46. The third-order valence-corrected chi connectivity index (χ3v) is 10.7. The second kappa shape index (κ2) is 50.7. The highest BCUT2D eigenvalue weighted by molar-refractivity contribution is 5.70. The first-order valence-electron chi connectivity index (χ1n) is 25.5. The second-order valence-electron chi connectivity index (χ2n) is 16.7. The Morgan fingerprint density at radius 2 is 0.767 bits per heavy atom. The van der Waals surface area contributed by atoms with Gasteiger partial charge in [-0.3, -0.25) is 9.59 Å². The van der Waals surface area contributed by atoms with Crippen LogP contribution < -0.4 is 0 Å². The van der Waals surface area contributed by atoms with E-state index in [4.69, 9.17) is 14.2 Å². The molecule has 0 N–H and O–H groups in total. The normalized spacial score (nSPS) is 12.8. The van der Waals surface area contributed by atoms with Gasteiger partial charge in [0.15, 0.2) is 6.10 Å². The van der Waals surface area contributed by atoms with Crippen molar-refractivity contribution in [2.75, 3.05) is 19.8 Å². The minimum Gasteiger partial charge on any atom is -0.462 e. The van der Waals surface area contributed by atoms with E-state index in [9.17, 15) is 9.59 Å². The number of esters is 2. The van der Waals surface area contributed by atoms with Crippen molar-refractivity contribution < 1.29 is 23.8 Å². The van der Waals surface area contributed by atoms with Gasteiger partial charge >= 0.3 is 11.9 Å². The summed E-state index contributed by atoms with van der Waals surface area (Å²) in [6, 6.07) is 0. The highest BCUT2D eigenvalue weighted by atomic mass is 16.6. The van der Waals surface area contributed by atoms with Crippen molar-refractivity contribution >= 4 is 11.9 Å². The van der Waals surface area contributed by atoms with Crippen LogP contribution in [0, 0.1) is 0 Å². The number of carbonyl (C=O) groups excluding carboxylic acids is 2. The van der Waals surface area contributed by atoms with E-state index in [1.54, 1.807) is 0 Å².